The molecule has 0 N–H and O–H groups in total. The number of hydrogen-bond acceptors (Lipinski definition) is 4. The van der Waals surface area contributed by atoms with E-state index in [1.54, 1.807) is 18.2 Å². The molecule has 4 nitrogen and oxygen atoms in total. The number of esters is 1. The standard InChI is InChI=1S/C11H8BrNO3/c1-16-11(15)9-5-10(14)7-4-6(12)2-3-8(7)13-9/h2-5,7H,1H3. The van der Waals surface area contributed by atoms with Crippen LogP contribution in [0, 0.1) is 5.92 Å². The number of methoxy groups -OCH3 is 1. The van der Waals surface area contributed by atoms with Gasteiger partial charge in [-0.15, -0.1) is 0 Å². The minimum atomic E-state index is -0.596. The summed E-state index contributed by atoms with van der Waals surface area (Å²) in [5, 5.41) is 0. The van der Waals surface area contributed by atoms with Crippen LogP contribution in [0.25, 0.3) is 0 Å². The molecule has 0 aromatic heterocycles. The lowest BCUT2D eigenvalue weighted by atomic mass is 9.91. The molecule has 0 bridgehead atoms. The number of carbonyl (C=O) groups excluding carboxylic acids is 2. The summed E-state index contributed by atoms with van der Waals surface area (Å²) in [6.45, 7) is 0. The van der Waals surface area contributed by atoms with Crippen LogP contribution < -0.4 is 0 Å². The highest BCUT2D eigenvalue weighted by atomic mass is 79.9. The molecule has 0 saturated carbocycles. The highest BCUT2D eigenvalue weighted by Gasteiger charge is 2.28. The van der Waals surface area contributed by atoms with Gasteiger partial charge < -0.3 is 4.74 Å². The summed E-state index contributed by atoms with van der Waals surface area (Å²) in [7, 11) is 1.26. The second-order valence-electron chi connectivity index (χ2n) is 3.32. The molecule has 2 rings (SSSR count). The maximum absolute atomic E-state index is 11.7. The number of nitrogens with zero attached hydrogens (tertiary/aromatic N) is 1. The van der Waals surface area contributed by atoms with E-state index in [-0.39, 0.29) is 11.5 Å². The Morgan fingerprint density at radius 2 is 2.25 bits per heavy atom. The van der Waals surface area contributed by atoms with Crippen molar-refractivity contribution in [2.75, 3.05) is 7.11 Å². The van der Waals surface area contributed by atoms with Gasteiger partial charge >= 0.3 is 5.97 Å². The van der Waals surface area contributed by atoms with Crippen LogP contribution in [-0.2, 0) is 14.3 Å². The fourth-order valence-corrected chi connectivity index (χ4v) is 1.91. The van der Waals surface area contributed by atoms with Gasteiger partial charge in [-0.05, 0) is 12.2 Å². The molecular formula is C11H8BrNO3. The number of rotatable bonds is 1. The number of halogens is 1. The van der Waals surface area contributed by atoms with Crippen LogP contribution in [0.3, 0.4) is 0 Å². The summed E-state index contributed by atoms with van der Waals surface area (Å²) in [6, 6.07) is 0. The monoisotopic (exact) mass is 281 g/mol. The molecule has 0 saturated heterocycles. The third kappa shape index (κ3) is 1.90. The van der Waals surface area contributed by atoms with Crippen molar-refractivity contribution < 1.29 is 14.3 Å². The Morgan fingerprint density at radius 1 is 1.50 bits per heavy atom. The summed E-state index contributed by atoms with van der Waals surface area (Å²) >= 11 is 3.29. The van der Waals surface area contributed by atoms with Gasteiger partial charge in [-0.25, -0.2) is 9.79 Å². The minimum Gasteiger partial charge on any atom is -0.464 e. The van der Waals surface area contributed by atoms with Crippen LogP contribution >= 0.6 is 15.9 Å². The molecule has 16 heavy (non-hydrogen) atoms. The van der Waals surface area contributed by atoms with Crippen molar-refractivity contribution in [1.29, 1.82) is 0 Å². The predicted molar refractivity (Wildman–Crippen MR) is 62.2 cm³/mol. The van der Waals surface area contributed by atoms with Gasteiger partial charge in [0, 0.05) is 10.6 Å². The molecule has 1 aliphatic heterocycles. The van der Waals surface area contributed by atoms with Gasteiger partial charge in [0.1, 0.15) is 0 Å². The molecule has 0 aromatic rings. The van der Waals surface area contributed by atoms with Crippen LogP contribution in [0.5, 0.6) is 0 Å². The van der Waals surface area contributed by atoms with Crippen LogP contribution in [-0.4, -0.2) is 24.6 Å². The average molecular weight is 282 g/mol. The van der Waals surface area contributed by atoms with Crippen molar-refractivity contribution in [3.63, 3.8) is 0 Å². The third-order valence-corrected chi connectivity index (χ3v) is 2.82. The number of fused-ring (bicyclic) bond motifs is 1. The predicted octanol–water partition coefficient (Wildman–Crippen LogP) is 1.53. The average Bonchev–Trinajstić information content (AvgIpc) is 2.28. The molecule has 1 unspecified atom stereocenters. The number of allylic oxidation sites excluding steroid dienone is 5. The fraction of sp³-hybridized carbons (Fsp3) is 0.182. The first-order chi connectivity index (χ1) is 7.61. The molecular weight excluding hydrogens is 274 g/mol. The Morgan fingerprint density at radius 3 is 2.94 bits per heavy atom. The third-order valence-electron chi connectivity index (χ3n) is 2.29. The smallest absolute Gasteiger partial charge is 0.356 e. The van der Waals surface area contributed by atoms with Crippen LogP contribution in [0.2, 0.25) is 0 Å². The van der Waals surface area contributed by atoms with Gasteiger partial charge in [0.25, 0.3) is 0 Å². The van der Waals surface area contributed by atoms with Gasteiger partial charge in [-0.2, -0.15) is 0 Å². The highest BCUT2D eigenvalue weighted by Crippen LogP contribution is 2.24. The van der Waals surface area contributed by atoms with E-state index in [9.17, 15) is 9.59 Å². The zero-order valence-electron chi connectivity index (χ0n) is 8.44. The molecule has 0 spiro atoms. The van der Waals surface area contributed by atoms with Crippen LogP contribution in [0.15, 0.2) is 39.5 Å². The lowest BCUT2D eigenvalue weighted by Crippen LogP contribution is -2.26. The zero-order chi connectivity index (χ0) is 11.7. The number of carbonyl (C=O) groups is 2. The molecule has 82 valence electrons. The largest absolute Gasteiger partial charge is 0.464 e. The van der Waals surface area contributed by atoms with Gasteiger partial charge in [0.15, 0.2) is 11.5 Å². The fourth-order valence-electron chi connectivity index (χ4n) is 1.51. The van der Waals surface area contributed by atoms with Crippen molar-refractivity contribution in [1.82, 2.24) is 0 Å². The van der Waals surface area contributed by atoms with Gasteiger partial charge in [-0.1, -0.05) is 22.0 Å². The maximum atomic E-state index is 11.7. The Kier molecular flexibility index (Phi) is 2.87. The lowest BCUT2D eigenvalue weighted by Gasteiger charge is -2.18. The van der Waals surface area contributed by atoms with Gasteiger partial charge in [0.05, 0.1) is 18.7 Å². The highest BCUT2D eigenvalue weighted by molar-refractivity contribution is 9.11. The topological polar surface area (TPSA) is 55.7 Å². The first kappa shape index (κ1) is 11.0. The van der Waals surface area contributed by atoms with E-state index in [1.807, 2.05) is 0 Å². The van der Waals surface area contributed by atoms with E-state index < -0.39 is 11.9 Å². The zero-order valence-corrected chi connectivity index (χ0v) is 10.0. The van der Waals surface area contributed by atoms with E-state index in [1.165, 1.54) is 13.2 Å². The van der Waals surface area contributed by atoms with E-state index in [4.69, 9.17) is 0 Å². The Labute approximate surface area is 101 Å². The van der Waals surface area contributed by atoms with Gasteiger partial charge in [-0.3, -0.25) is 4.79 Å². The molecule has 0 fully saturated rings. The molecule has 5 heteroatoms. The second-order valence-corrected chi connectivity index (χ2v) is 4.24. The summed E-state index contributed by atoms with van der Waals surface area (Å²) in [5.74, 6) is -1.15. The van der Waals surface area contributed by atoms with E-state index >= 15 is 0 Å². The minimum absolute atomic E-state index is 0.0508. The molecule has 1 aliphatic carbocycles. The van der Waals surface area contributed by atoms with Gasteiger partial charge in [0.2, 0.25) is 0 Å². The van der Waals surface area contributed by atoms with Crippen molar-refractivity contribution in [2.24, 2.45) is 10.9 Å². The molecule has 1 atom stereocenters. The summed E-state index contributed by atoms with van der Waals surface area (Å²) < 4.78 is 5.36. The SMILES string of the molecule is COC(=O)C1=CC(=O)C2C=C(Br)C=CC2=N1. The van der Waals surface area contributed by atoms with E-state index in [0.717, 1.165) is 4.48 Å². The second kappa shape index (κ2) is 4.17. The number of hydrogen-bond donors (Lipinski definition) is 0. The van der Waals surface area contributed by atoms with Crippen molar-refractivity contribution in [2.45, 2.75) is 0 Å². The number of aliphatic imine (C=N–C) groups is 1. The van der Waals surface area contributed by atoms with Crippen molar-refractivity contribution in [3.05, 3.63) is 34.5 Å². The summed E-state index contributed by atoms with van der Waals surface area (Å²) in [4.78, 5) is 27.1. The first-order valence-corrected chi connectivity index (χ1v) is 5.39. The molecule has 0 aromatic carbocycles. The maximum Gasteiger partial charge on any atom is 0.356 e. The molecule has 0 radical (unpaired) electrons. The quantitative estimate of drug-likeness (QED) is 0.685. The molecule has 0 amide bonds. The van der Waals surface area contributed by atoms with Crippen molar-refractivity contribution >= 4 is 33.4 Å². The number of ether oxygens (including phenoxy) is 1. The molecule has 2 aliphatic rings. The Bertz CT molecular complexity index is 485. The Balaban J connectivity index is 2.37. The Hall–Kier alpha value is -1.49. The molecule has 1 heterocycles. The van der Waals surface area contributed by atoms with Crippen LogP contribution in [0.4, 0.5) is 0 Å². The van der Waals surface area contributed by atoms with Crippen molar-refractivity contribution in [3.8, 4) is 0 Å². The lowest BCUT2D eigenvalue weighted by molar-refractivity contribution is -0.136. The first-order valence-electron chi connectivity index (χ1n) is 4.59. The van der Waals surface area contributed by atoms with E-state index in [2.05, 4.69) is 25.7 Å². The summed E-state index contributed by atoms with van der Waals surface area (Å²) in [5.41, 5.74) is 0.617. The number of ketones is 1. The normalized spacial score (nSPS) is 23.0. The van der Waals surface area contributed by atoms with Crippen LogP contribution in [0.1, 0.15) is 0 Å². The van der Waals surface area contributed by atoms with E-state index in [0.29, 0.717) is 5.71 Å². The summed E-state index contributed by atoms with van der Waals surface area (Å²) in [6.07, 6.45) is 6.47.